The Labute approximate surface area is 64.3 Å². The van der Waals surface area contributed by atoms with Crippen LogP contribution in [0, 0.1) is 0 Å². The van der Waals surface area contributed by atoms with Gasteiger partial charge in [0.25, 0.3) is 5.91 Å². The van der Waals surface area contributed by atoms with Gasteiger partial charge in [-0.15, -0.1) is 0 Å². The van der Waals surface area contributed by atoms with Crippen LogP contribution >= 0.6 is 0 Å². The van der Waals surface area contributed by atoms with Gasteiger partial charge in [-0.25, -0.2) is 0 Å². The van der Waals surface area contributed by atoms with Crippen LogP contribution in [0.4, 0.5) is 0 Å². The molecule has 0 spiro atoms. The highest BCUT2D eigenvalue weighted by Crippen LogP contribution is 2.54. The number of amides is 1. The van der Waals surface area contributed by atoms with Gasteiger partial charge in [-0.1, -0.05) is 0 Å². The zero-order valence-corrected chi connectivity index (χ0v) is 6.14. The summed E-state index contributed by atoms with van der Waals surface area (Å²) >= 11 is 0. The second-order valence-electron chi connectivity index (χ2n) is 3.53. The maximum absolute atomic E-state index is 11.3. The van der Waals surface area contributed by atoms with Gasteiger partial charge in [0, 0.05) is 13.0 Å². The zero-order chi connectivity index (χ0) is 7.53. The first-order chi connectivity index (χ1) is 5.29. The molecule has 0 saturated carbocycles. The molecule has 2 unspecified atom stereocenters. The molecule has 0 aromatic carbocycles. The van der Waals surface area contributed by atoms with Gasteiger partial charge in [-0.3, -0.25) is 4.79 Å². The maximum atomic E-state index is 11.3. The largest absolute Gasteiger partial charge is 0.350 e. The summed E-state index contributed by atoms with van der Waals surface area (Å²) in [6.07, 6.45) is 0.832. The van der Waals surface area contributed by atoms with Crippen molar-refractivity contribution in [3.63, 3.8) is 0 Å². The molecule has 0 aliphatic carbocycles. The van der Waals surface area contributed by atoms with E-state index in [2.05, 4.69) is 10.6 Å². The van der Waals surface area contributed by atoms with Crippen molar-refractivity contribution in [3.8, 4) is 0 Å². The summed E-state index contributed by atoms with van der Waals surface area (Å²) in [6.45, 7) is 2.42. The number of epoxide rings is 1. The molecule has 3 rings (SSSR count). The standard InChI is InChI=1S/C7H10N2O2/c10-5-7-1-2-8-3-6(7,11-7)4-9-5/h8H,1-4H2,(H,9,10). The molecular formula is C7H10N2O2. The Morgan fingerprint density at radius 2 is 2.36 bits per heavy atom. The molecule has 0 radical (unpaired) electrons. The Bertz CT molecular complexity index is 239. The Hall–Kier alpha value is -0.610. The molecule has 2 N–H and O–H groups in total. The molecule has 1 amide bonds. The highest BCUT2D eigenvalue weighted by atomic mass is 16.6. The van der Waals surface area contributed by atoms with E-state index < -0.39 is 5.60 Å². The number of hydrogen-bond donors (Lipinski definition) is 2. The Balaban J connectivity index is 2.02. The summed E-state index contributed by atoms with van der Waals surface area (Å²) in [7, 11) is 0. The molecule has 0 aromatic heterocycles. The third-order valence-electron chi connectivity index (χ3n) is 3.03. The van der Waals surface area contributed by atoms with Gasteiger partial charge in [0.05, 0.1) is 6.54 Å². The number of morpholine rings is 1. The van der Waals surface area contributed by atoms with Crippen LogP contribution in [0.15, 0.2) is 0 Å². The average Bonchev–Trinajstić information content (AvgIpc) is 2.63. The summed E-state index contributed by atoms with van der Waals surface area (Å²) in [6, 6.07) is 0. The molecule has 11 heavy (non-hydrogen) atoms. The van der Waals surface area contributed by atoms with Gasteiger partial charge in [0.2, 0.25) is 0 Å². The highest BCUT2D eigenvalue weighted by molar-refractivity contribution is 5.93. The first kappa shape index (κ1) is 5.97. The fourth-order valence-electron chi connectivity index (χ4n) is 2.29. The first-order valence-corrected chi connectivity index (χ1v) is 3.98. The van der Waals surface area contributed by atoms with Crippen LogP contribution in [-0.4, -0.2) is 36.7 Å². The zero-order valence-electron chi connectivity index (χ0n) is 6.14. The first-order valence-electron chi connectivity index (χ1n) is 3.98. The van der Waals surface area contributed by atoms with Gasteiger partial charge in [0.1, 0.15) is 5.60 Å². The minimum atomic E-state index is -0.418. The van der Waals surface area contributed by atoms with Crippen molar-refractivity contribution in [3.05, 3.63) is 0 Å². The van der Waals surface area contributed by atoms with E-state index >= 15 is 0 Å². The predicted octanol–water partition coefficient (Wildman–Crippen LogP) is -1.38. The molecular weight excluding hydrogens is 144 g/mol. The van der Waals surface area contributed by atoms with Crippen molar-refractivity contribution in [2.75, 3.05) is 19.6 Å². The highest BCUT2D eigenvalue weighted by Gasteiger charge is 2.78. The summed E-state index contributed by atoms with van der Waals surface area (Å²) in [4.78, 5) is 11.3. The molecule has 4 heteroatoms. The number of piperidine rings is 1. The third-order valence-corrected chi connectivity index (χ3v) is 3.03. The van der Waals surface area contributed by atoms with Gasteiger partial charge in [-0.05, 0) is 6.54 Å². The molecule has 0 bridgehead atoms. The van der Waals surface area contributed by atoms with Crippen LogP contribution in [0.1, 0.15) is 6.42 Å². The monoisotopic (exact) mass is 154 g/mol. The van der Waals surface area contributed by atoms with Gasteiger partial charge in [0.15, 0.2) is 5.60 Å². The van der Waals surface area contributed by atoms with E-state index in [4.69, 9.17) is 4.74 Å². The number of hydrogen-bond acceptors (Lipinski definition) is 3. The van der Waals surface area contributed by atoms with E-state index in [9.17, 15) is 4.79 Å². The lowest BCUT2D eigenvalue weighted by Crippen LogP contribution is -2.44. The number of nitrogens with one attached hydrogen (secondary N) is 2. The van der Waals surface area contributed by atoms with Crippen molar-refractivity contribution >= 4 is 5.91 Å². The van der Waals surface area contributed by atoms with Crippen molar-refractivity contribution in [1.29, 1.82) is 0 Å². The number of ether oxygens (including phenoxy) is 1. The van der Waals surface area contributed by atoms with E-state index in [1.54, 1.807) is 0 Å². The molecule has 3 heterocycles. The SMILES string of the molecule is O=C1NCC23CNCCC12O3. The minimum Gasteiger partial charge on any atom is -0.350 e. The molecule has 60 valence electrons. The molecule has 3 saturated heterocycles. The Morgan fingerprint density at radius 1 is 1.45 bits per heavy atom. The number of carbonyl (C=O) groups excluding carboxylic acids is 1. The molecule has 2 atom stereocenters. The Morgan fingerprint density at radius 3 is 3.18 bits per heavy atom. The molecule has 3 aliphatic rings. The fourth-order valence-corrected chi connectivity index (χ4v) is 2.29. The quantitative estimate of drug-likeness (QED) is 0.423. The maximum Gasteiger partial charge on any atom is 0.255 e. The smallest absolute Gasteiger partial charge is 0.255 e. The lowest BCUT2D eigenvalue weighted by Gasteiger charge is -2.16. The topological polar surface area (TPSA) is 53.7 Å². The number of carbonyl (C=O) groups is 1. The van der Waals surface area contributed by atoms with Crippen LogP contribution in [0.5, 0.6) is 0 Å². The van der Waals surface area contributed by atoms with Gasteiger partial charge < -0.3 is 15.4 Å². The second-order valence-corrected chi connectivity index (χ2v) is 3.53. The minimum absolute atomic E-state index is 0.0963. The van der Waals surface area contributed by atoms with Gasteiger partial charge in [-0.2, -0.15) is 0 Å². The summed E-state index contributed by atoms with van der Waals surface area (Å²) < 4.78 is 5.53. The average molecular weight is 154 g/mol. The summed E-state index contributed by atoms with van der Waals surface area (Å²) in [5.41, 5.74) is -0.583. The molecule has 3 aliphatic heterocycles. The predicted molar refractivity (Wildman–Crippen MR) is 37.0 cm³/mol. The van der Waals surface area contributed by atoms with Crippen molar-refractivity contribution in [1.82, 2.24) is 10.6 Å². The molecule has 4 nitrogen and oxygen atoms in total. The van der Waals surface area contributed by atoms with E-state index in [0.29, 0.717) is 6.54 Å². The van der Waals surface area contributed by atoms with E-state index in [0.717, 1.165) is 19.5 Å². The van der Waals surface area contributed by atoms with Crippen LogP contribution in [0.25, 0.3) is 0 Å². The summed E-state index contributed by atoms with van der Waals surface area (Å²) in [5.74, 6) is 0.0963. The van der Waals surface area contributed by atoms with E-state index in [1.165, 1.54) is 0 Å². The lowest BCUT2D eigenvalue weighted by atomic mass is 9.89. The molecule has 0 aromatic rings. The fraction of sp³-hybridized carbons (Fsp3) is 0.857. The van der Waals surface area contributed by atoms with Crippen LogP contribution in [0.2, 0.25) is 0 Å². The lowest BCUT2D eigenvalue weighted by molar-refractivity contribution is -0.125. The Kier molecular flexibility index (Phi) is 0.784. The number of rotatable bonds is 0. The summed E-state index contributed by atoms with van der Waals surface area (Å²) in [5, 5.41) is 6.08. The van der Waals surface area contributed by atoms with E-state index in [1.807, 2.05) is 0 Å². The third kappa shape index (κ3) is 0.460. The normalized spacial score (nSPS) is 52.9. The van der Waals surface area contributed by atoms with Crippen LogP contribution in [-0.2, 0) is 9.53 Å². The second kappa shape index (κ2) is 1.44. The van der Waals surface area contributed by atoms with Crippen LogP contribution < -0.4 is 10.6 Å². The van der Waals surface area contributed by atoms with Crippen molar-refractivity contribution in [2.24, 2.45) is 0 Å². The van der Waals surface area contributed by atoms with E-state index in [-0.39, 0.29) is 11.5 Å². The molecule has 3 fully saturated rings. The van der Waals surface area contributed by atoms with Crippen molar-refractivity contribution < 1.29 is 9.53 Å². The van der Waals surface area contributed by atoms with Crippen LogP contribution in [0.3, 0.4) is 0 Å². The van der Waals surface area contributed by atoms with Crippen molar-refractivity contribution in [2.45, 2.75) is 17.6 Å². The van der Waals surface area contributed by atoms with Gasteiger partial charge >= 0.3 is 0 Å².